The summed E-state index contributed by atoms with van der Waals surface area (Å²) in [6, 6.07) is 19.7. The summed E-state index contributed by atoms with van der Waals surface area (Å²) in [5, 5.41) is 11.8. The smallest absolute Gasteiger partial charge is 0.251 e. The number of tetrazole rings is 1. The molecule has 198 valence electrons. The van der Waals surface area contributed by atoms with E-state index in [-0.39, 0.29) is 23.1 Å². The Balaban J connectivity index is 1.41. The van der Waals surface area contributed by atoms with Crippen molar-refractivity contribution in [3.8, 4) is 28.1 Å². The molecule has 3 aromatic heterocycles. The van der Waals surface area contributed by atoms with Crippen LogP contribution in [-0.2, 0) is 6.42 Å². The van der Waals surface area contributed by atoms with Gasteiger partial charge in [0.15, 0.2) is 5.76 Å². The molecule has 1 atom stereocenters. The van der Waals surface area contributed by atoms with Crippen molar-refractivity contribution in [1.82, 2.24) is 29.8 Å². The van der Waals surface area contributed by atoms with E-state index in [1.807, 2.05) is 0 Å². The standard InChI is InChI=1S/C29H19ClF2N6O2/c30-21-5-10-25(38-17-34-35-36-38)24(15-21)20-11-12-37(28(39)14-20)26(13-18-1-6-22(31)7-2-18)29-33-16-27(40-29)19-3-8-23(32)9-4-19/h1-12,14-17,26H,13H2. The molecule has 6 aromatic rings. The maximum absolute atomic E-state index is 13.6. The van der Waals surface area contributed by atoms with E-state index >= 15 is 0 Å². The van der Waals surface area contributed by atoms with E-state index in [9.17, 15) is 13.6 Å². The van der Waals surface area contributed by atoms with Crippen molar-refractivity contribution in [2.45, 2.75) is 12.5 Å². The van der Waals surface area contributed by atoms with Crippen molar-refractivity contribution in [2.75, 3.05) is 0 Å². The number of benzene rings is 3. The third-order valence-corrected chi connectivity index (χ3v) is 6.66. The Kier molecular flexibility index (Phi) is 6.75. The van der Waals surface area contributed by atoms with E-state index < -0.39 is 6.04 Å². The predicted octanol–water partition coefficient (Wildman–Crippen LogP) is 5.91. The molecule has 0 saturated heterocycles. The minimum absolute atomic E-state index is 0.274. The number of nitrogens with zero attached hydrogens (tertiary/aromatic N) is 6. The van der Waals surface area contributed by atoms with E-state index in [1.165, 1.54) is 52.1 Å². The maximum atomic E-state index is 13.6. The van der Waals surface area contributed by atoms with Crippen molar-refractivity contribution in [3.05, 3.63) is 136 Å². The number of aromatic nitrogens is 6. The van der Waals surface area contributed by atoms with Crippen LogP contribution in [0.4, 0.5) is 8.78 Å². The van der Waals surface area contributed by atoms with E-state index in [4.69, 9.17) is 16.0 Å². The molecule has 3 aromatic carbocycles. The summed E-state index contributed by atoms with van der Waals surface area (Å²) < 4.78 is 36.1. The molecule has 1 unspecified atom stereocenters. The number of rotatable bonds is 7. The van der Waals surface area contributed by atoms with Crippen LogP contribution in [0.25, 0.3) is 28.1 Å². The maximum Gasteiger partial charge on any atom is 0.251 e. The van der Waals surface area contributed by atoms with Crippen LogP contribution in [0.5, 0.6) is 0 Å². The van der Waals surface area contributed by atoms with Gasteiger partial charge in [-0.2, -0.15) is 4.68 Å². The number of hydrogen-bond acceptors (Lipinski definition) is 6. The van der Waals surface area contributed by atoms with Crippen LogP contribution in [0.1, 0.15) is 17.5 Å². The van der Waals surface area contributed by atoms with Crippen LogP contribution >= 0.6 is 11.6 Å². The lowest BCUT2D eigenvalue weighted by Crippen LogP contribution is -2.26. The van der Waals surface area contributed by atoms with Gasteiger partial charge in [0, 0.05) is 34.8 Å². The summed E-state index contributed by atoms with van der Waals surface area (Å²) >= 11 is 6.28. The van der Waals surface area contributed by atoms with Gasteiger partial charge in [0.1, 0.15) is 24.0 Å². The third-order valence-electron chi connectivity index (χ3n) is 6.43. The van der Waals surface area contributed by atoms with Crippen molar-refractivity contribution >= 4 is 11.6 Å². The first-order valence-corrected chi connectivity index (χ1v) is 12.5. The SMILES string of the molecule is O=c1cc(-c2cc(Cl)ccc2-n2cnnn2)ccn1C(Cc1ccc(F)cc1)c1ncc(-c2ccc(F)cc2)o1. The molecule has 0 N–H and O–H groups in total. The van der Waals surface area contributed by atoms with Gasteiger partial charge in [0.05, 0.1) is 11.9 Å². The summed E-state index contributed by atoms with van der Waals surface area (Å²) in [6.45, 7) is 0. The minimum Gasteiger partial charge on any atom is -0.438 e. The second kappa shape index (κ2) is 10.7. The monoisotopic (exact) mass is 556 g/mol. The largest absolute Gasteiger partial charge is 0.438 e. The molecule has 0 radical (unpaired) electrons. The predicted molar refractivity (Wildman–Crippen MR) is 144 cm³/mol. The topological polar surface area (TPSA) is 91.6 Å². The molecule has 0 aliphatic heterocycles. The van der Waals surface area contributed by atoms with E-state index in [1.54, 1.807) is 54.7 Å². The summed E-state index contributed by atoms with van der Waals surface area (Å²) in [5.41, 5.74) is 3.00. The molecule has 0 spiro atoms. The highest BCUT2D eigenvalue weighted by Gasteiger charge is 2.23. The molecule has 6 rings (SSSR count). The normalized spacial score (nSPS) is 12.0. The van der Waals surface area contributed by atoms with Crippen LogP contribution in [0, 0.1) is 11.6 Å². The number of halogens is 3. The molecule has 3 heterocycles. The quantitative estimate of drug-likeness (QED) is 0.243. The van der Waals surface area contributed by atoms with Gasteiger partial charge in [-0.05, 0) is 82.2 Å². The summed E-state index contributed by atoms with van der Waals surface area (Å²) in [4.78, 5) is 18.0. The van der Waals surface area contributed by atoms with Gasteiger partial charge < -0.3 is 8.98 Å². The Hall–Kier alpha value is -4.96. The molecule has 40 heavy (non-hydrogen) atoms. The average Bonchev–Trinajstić information content (AvgIpc) is 3.67. The molecule has 11 heteroatoms. The van der Waals surface area contributed by atoms with Gasteiger partial charge in [0.25, 0.3) is 5.56 Å². The lowest BCUT2D eigenvalue weighted by atomic mass is 10.0. The molecule has 0 bridgehead atoms. The van der Waals surface area contributed by atoms with Crippen LogP contribution < -0.4 is 5.56 Å². The first kappa shape index (κ1) is 25.3. The molecule has 0 fully saturated rings. The second-order valence-corrected chi connectivity index (χ2v) is 9.43. The second-order valence-electron chi connectivity index (χ2n) is 8.99. The Bertz CT molecular complexity index is 1830. The van der Waals surface area contributed by atoms with E-state index in [0.717, 1.165) is 5.56 Å². The van der Waals surface area contributed by atoms with Crippen molar-refractivity contribution < 1.29 is 13.2 Å². The van der Waals surface area contributed by atoms with Gasteiger partial charge in [-0.25, -0.2) is 13.8 Å². The Morgan fingerprint density at radius 3 is 2.35 bits per heavy atom. The van der Waals surface area contributed by atoms with Crippen LogP contribution in [-0.4, -0.2) is 29.8 Å². The van der Waals surface area contributed by atoms with E-state index in [0.29, 0.717) is 39.6 Å². The average molecular weight is 557 g/mol. The Labute approximate surface area is 231 Å². The van der Waals surface area contributed by atoms with Crippen LogP contribution in [0.15, 0.2) is 107 Å². The summed E-state index contributed by atoms with van der Waals surface area (Å²) in [7, 11) is 0. The first-order chi connectivity index (χ1) is 19.4. The van der Waals surface area contributed by atoms with Gasteiger partial charge in [-0.3, -0.25) is 4.79 Å². The molecule has 0 aliphatic rings. The number of hydrogen-bond donors (Lipinski definition) is 0. The summed E-state index contributed by atoms with van der Waals surface area (Å²) in [5.74, 6) is -0.0341. The van der Waals surface area contributed by atoms with Crippen LogP contribution in [0.2, 0.25) is 5.02 Å². The lowest BCUT2D eigenvalue weighted by Gasteiger charge is -2.18. The third kappa shape index (κ3) is 5.16. The van der Waals surface area contributed by atoms with Crippen molar-refractivity contribution in [1.29, 1.82) is 0 Å². The Morgan fingerprint density at radius 2 is 1.65 bits per heavy atom. The fourth-order valence-electron chi connectivity index (χ4n) is 4.46. The van der Waals surface area contributed by atoms with Gasteiger partial charge in [0.2, 0.25) is 5.89 Å². The van der Waals surface area contributed by atoms with E-state index in [2.05, 4.69) is 20.5 Å². The number of pyridine rings is 1. The zero-order chi connectivity index (χ0) is 27.6. The molecule has 0 saturated carbocycles. The fourth-order valence-corrected chi connectivity index (χ4v) is 4.64. The Morgan fingerprint density at radius 1 is 0.900 bits per heavy atom. The first-order valence-electron chi connectivity index (χ1n) is 12.2. The van der Waals surface area contributed by atoms with Crippen LogP contribution in [0.3, 0.4) is 0 Å². The van der Waals surface area contributed by atoms with Gasteiger partial charge >= 0.3 is 0 Å². The number of oxazole rings is 1. The summed E-state index contributed by atoms with van der Waals surface area (Å²) in [6.07, 6.45) is 4.94. The molecular formula is C29H19ClF2N6O2. The van der Waals surface area contributed by atoms with Gasteiger partial charge in [-0.1, -0.05) is 23.7 Å². The highest BCUT2D eigenvalue weighted by Crippen LogP contribution is 2.31. The highest BCUT2D eigenvalue weighted by atomic mass is 35.5. The van der Waals surface area contributed by atoms with Crippen molar-refractivity contribution in [2.24, 2.45) is 0 Å². The molecule has 0 amide bonds. The highest BCUT2D eigenvalue weighted by molar-refractivity contribution is 6.31. The lowest BCUT2D eigenvalue weighted by molar-refractivity contribution is 0.410. The zero-order valence-corrected chi connectivity index (χ0v) is 21.4. The molecular weight excluding hydrogens is 538 g/mol. The van der Waals surface area contributed by atoms with Crippen molar-refractivity contribution in [3.63, 3.8) is 0 Å². The van der Waals surface area contributed by atoms with Gasteiger partial charge in [-0.15, -0.1) is 5.10 Å². The molecule has 0 aliphatic carbocycles. The zero-order valence-electron chi connectivity index (χ0n) is 20.7. The molecule has 8 nitrogen and oxygen atoms in total. The fraction of sp³-hybridized carbons (Fsp3) is 0.0690. The minimum atomic E-state index is -0.653.